The second-order valence-corrected chi connectivity index (χ2v) is 7.35. The van der Waals surface area contributed by atoms with Gasteiger partial charge in [-0.15, -0.1) is 12.4 Å². The fraction of sp³-hybridized carbons (Fsp3) is 0.556. The molecule has 5 nitrogen and oxygen atoms in total. The fourth-order valence-corrected chi connectivity index (χ4v) is 3.42. The van der Waals surface area contributed by atoms with Crippen LogP contribution in [0, 0.1) is 6.92 Å². The monoisotopic (exact) mass is 385 g/mol. The zero-order valence-corrected chi connectivity index (χ0v) is 16.5. The standard InChI is InChI=1S/C18H27N3O2S.ClH/c1-13-5-3-6-14(11-13)17(22)20-16(8-10-24-2)18(23)21-9-4-7-15(19)12-21;/h3,5-6,11,15-16H,4,7-10,12,19H2,1-2H3,(H,20,22);1H. The van der Waals surface area contributed by atoms with Crippen molar-refractivity contribution in [2.45, 2.75) is 38.3 Å². The number of rotatable bonds is 6. The molecule has 1 aliphatic rings. The van der Waals surface area contributed by atoms with E-state index in [-0.39, 0.29) is 30.3 Å². The van der Waals surface area contributed by atoms with Gasteiger partial charge in [0.25, 0.3) is 5.91 Å². The summed E-state index contributed by atoms with van der Waals surface area (Å²) in [7, 11) is 0. The minimum Gasteiger partial charge on any atom is -0.340 e. The number of hydrogen-bond acceptors (Lipinski definition) is 4. The number of halogens is 1. The molecule has 0 aromatic heterocycles. The third-order valence-corrected chi connectivity index (χ3v) is 4.91. The molecule has 0 saturated carbocycles. The normalized spacial score (nSPS) is 18.2. The summed E-state index contributed by atoms with van der Waals surface area (Å²) in [6.07, 6.45) is 4.51. The van der Waals surface area contributed by atoms with Crippen LogP contribution in [0.15, 0.2) is 24.3 Å². The molecule has 0 bridgehead atoms. The van der Waals surface area contributed by atoms with Gasteiger partial charge in [-0.05, 0) is 50.3 Å². The molecule has 3 N–H and O–H groups in total. The van der Waals surface area contributed by atoms with Crippen LogP contribution in [-0.2, 0) is 4.79 Å². The van der Waals surface area contributed by atoms with Crippen LogP contribution in [0.5, 0.6) is 0 Å². The fourth-order valence-electron chi connectivity index (χ4n) is 2.95. The first-order valence-electron chi connectivity index (χ1n) is 8.42. The quantitative estimate of drug-likeness (QED) is 0.787. The van der Waals surface area contributed by atoms with Crippen molar-refractivity contribution < 1.29 is 9.59 Å². The van der Waals surface area contributed by atoms with E-state index in [2.05, 4.69) is 5.32 Å². The number of amides is 2. The van der Waals surface area contributed by atoms with Crippen LogP contribution in [0.3, 0.4) is 0 Å². The molecule has 1 aliphatic heterocycles. The van der Waals surface area contributed by atoms with Crippen LogP contribution >= 0.6 is 24.2 Å². The van der Waals surface area contributed by atoms with Crippen LogP contribution in [0.25, 0.3) is 0 Å². The van der Waals surface area contributed by atoms with Crippen molar-refractivity contribution >= 4 is 36.0 Å². The van der Waals surface area contributed by atoms with Crippen molar-refractivity contribution in [3.8, 4) is 0 Å². The van der Waals surface area contributed by atoms with Gasteiger partial charge in [0.15, 0.2) is 0 Å². The number of hydrogen-bond donors (Lipinski definition) is 2. The molecule has 2 amide bonds. The highest BCUT2D eigenvalue weighted by atomic mass is 35.5. The molecule has 1 heterocycles. The first kappa shape index (κ1) is 21.8. The Balaban J connectivity index is 0.00000312. The number of nitrogens with zero attached hydrogens (tertiary/aromatic N) is 1. The molecule has 25 heavy (non-hydrogen) atoms. The second kappa shape index (κ2) is 10.7. The Bertz CT molecular complexity index is 585. The van der Waals surface area contributed by atoms with E-state index in [1.165, 1.54) is 0 Å². The summed E-state index contributed by atoms with van der Waals surface area (Å²) >= 11 is 1.67. The number of thioether (sulfide) groups is 1. The summed E-state index contributed by atoms with van der Waals surface area (Å²) in [4.78, 5) is 27.1. The summed E-state index contributed by atoms with van der Waals surface area (Å²) < 4.78 is 0. The van der Waals surface area contributed by atoms with Gasteiger partial charge < -0.3 is 16.0 Å². The van der Waals surface area contributed by atoms with E-state index in [4.69, 9.17) is 5.73 Å². The van der Waals surface area contributed by atoms with E-state index in [9.17, 15) is 9.59 Å². The van der Waals surface area contributed by atoms with E-state index in [0.717, 1.165) is 30.7 Å². The topological polar surface area (TPSA) is 75.4 Å². The summed E-state index contributed by atoms with van der Waals surface area (Å²) in [5.74, 6) is 0.615. The van der Waals surface area contributed by atoms with Crippen LogP contribution in [-0.4, -0.2) is 53.9 Å². The van der Waals surface area contributed by atoms with Crippen LogP contribution in [0.1, 0.15) is 35.2 Å². The predicted molar refractivity (Wildman–Crippen MR) is 106 cm³/mol. The SMILES string of the molecule is CSCCC(NC(=O)c1cccc(C)c1)C(=O)N1CCCC(N)C1.Cl. The van der Waals surface area contributed by atoms with Gasteiger partial charge in [-0.3, -0.25) is 9.59 Å². The number of piperidine rings is 1. The molecular formula is C18H28ClN3O2S. The number of carbonyl (C=O) groups is 2. The molecule has 0 spiro atoms. The lowest BCUT2D eigenvalue weighted by molar-refractivity contribution is -0.134. The number of nitrogens with one attached hydrogen (secondary N) is 1. The van der Waals surface area contributed by atoms with Gasteiger partial charge in [0.1, 0.15) is 6.04 Å². The van der Waals surface area contributed by atoms with Crippen molar-refractivity contribution in [2.75, 3.05) is 25.1 Å². The van der Waals surface area contributed by atoms with Gasteiger partial charge in [-0.25, -0.2) is 0 Å². The Hall–Kier alpha value is -1.24. The molecule has 0 aliphatic carbocycles. The van der Waals surface area contributed by atoms with E-state index in [0.29, 0.717) is 18.5 Å². The average molecular weight is 386 g/mol. The zero-order valence-electron chi connectivity index (χ0n) is 14.9. The smallest absolute Gasteiger partial charge is 0.251 e. The number of carbonyl (C=O) groups excluding carboxylic acids is 2. The summed E-state index contributed by atoms with van der Waals surface area (Å²) in [6, 6.07) is 6.96. The first-order chi connectivity index (χ1) is 11.5. The van der Waals surface area contributed by atoms with Crippen molar-refractivity contribution in [1.82, 2.24) is 10.2 Å². The van der Waals surface area contributed by atoms with E-state index in [1.807, 2.05) is 31.4 Å². The van der Waals surface area contributed by atoms with E-state index >= 15 is 0 Å². The molecule has 1 saturated heterocycles. The second-order valence-electron chi connectivity index (χ2n) is 6.36. The minimum atomic E-state index is -0.490. The number of aryl methyl sites for hydroxylation is 1. The Morgan fingerprint density at radius 3 is 2.84 bits per heavy atom. The van der Waals surface area contributed by atoms with Crippen LogP contribution in [0.4, 0.5) is 0 Å². The van der Waals surface area contributed by atoms with Crippen molar-refractivity contribution in [3.05, 3.63) is 35.4 Å². The third-order valence-electron chi connectivity index (χ3n) is 4.26. The van der Waals surface area contributed by atoms with Gasteiger partial charge in [-0.2, -0.15) is 11.8 Å². The number of nitrogens with two attached hydrogens (primary N) is 1. The molecule has 7 heteroatoms. The summed E-state index contributed by atoms with van der Waals surface area (Å²) in [6.45, 7) is 3.25. The lowest BCUT2D eigenvalue weighted by Crippen LogP contribution is -2.53. The van der Waals surface area contributed by atoms with E-state index in [1.54, 1.807) is 22.7 Å². The van der Waals surface area contributed by atoms with Crippen molar-refractivity contribution in [3.63, 3.8) is 0 Å². The molecule has 2 rings (SSSR count). The van der Waals surface area contributed by atoms with Gasteiger partial charge in [0, 0.05) is 24.7 Å². The maximum absolute atomic E-state index is 12.8. The maximum Gasteiger partial charge on any atom is 0.251 e. The molecule has 0 radical (unpaired) electrons. The number of benzene rings is 1. The Morgan fingerprint density at radius 2 is 2.20 bits per heavy atom. The Kier molecular flexibility index (Phi) is 9.32. The molecule has 1 aromatic rings. The maximum atomic E-state index is 12.8. The van der Waals surface area contributed by atoms with E-state index < -0.39 is 6.04 Å². The highest BCUT2D eigenvalue weighted by molar-refractivity contribution is 7.98. The molecule has 2 unspecified atom stereocenters. The summed E-state index contributed by atoms with van der Waals surface area (Å²) in [5.41, 5.74) is 7.60. The summed E-state index contributed by atoms with van der Waals surface area (Å²) in [5, 5.41) is 2.92. The van der Waals surface area contributed by atoms with Crippen molar-refractivity contribution in [1.29, 1.82) is 0 Å². The molecule has 140 valence electrons. The zero-order chi connectivity index (χ0) is 17.5. The third kappa shape index (κ3) is 6.53. The highest BCUT2D eigenvalue weighted by Crippen LogP contribution is 2.13. The van der Waals surface area contributed by atoms with Gasteiger partial charge in [-0.1, -0.05) is 17.7 Å². The van der Waals surface area contributed by atoms with Gasteiger partial charge in [0.2, 0.25) is 5.91 Å². The van der Waals surface area contributed by atoms with Gasteiger partial charge in [0.05, 0.1) is 0 Å². The lowest BCUT2D eigenvalue weighted by atomic mass is 10.0. The lowest BCUT2D eigenvalue weighted by Gasteiger charge is -2.33. The highest BCUT2D eigenvalue weighted by Gasteiger charge is 2.28. The van der Waals surface area contributed by atoms with Crippen LogP contribution in [0.2, 0.25) is 0 Å². The van der Waals surface area contributed by atoms with Crippen LogP contribution < -0.4 is 11.1 Å². The molecular weight excluding hydrogens is 358 g/mol. The first-order valence-corrected chi connectivity index (χ1v) is 9.81. The Labute approximate surface area is 160 Å². The minimum absolute atomic E-state index is 0. The van der Waals surface area contributed by atoms with Crippen molar-refractivity contribution in [2.24, 2.45) is 5.73 Å². The molecule has 1 fully saturated rings. The molecule has 2 atom stereocenters. The average Bonchev–Trinajstić information content (AvgIpc) is 2.57. The predicted octanol–water partition coefficient (Wildman–Crippen LogP) is 2.22. The van der Waals surface area contributed by atoms with Gasteiger partial charge >= 0.3 is 0 Å². The Morgan fingerprint density at radius 1 is 1.44 bits per heavy atom. The largest absolute Gasteiger partial charge is 0.340 e. The molecule has 1 aromatic carbocycles. The number of likely N-dealkylation sites (tertiary alicyclic amines) is 1.